The number of aryl methyl sites for hydroxylation is 1. The Labute approximate surface area is 70.6 Å². The van der Waals surface area contributed by atoms with Crippen LogP contribution in [0, 0.1) is 0 Å². The lowest BCUT2D eigenvalue weighted by Crippen LogP contribution is -1.92. The third kappa shape index (κ3) is 0.911. The molecule has 0 radical (unpaired) electrons. The minimum Gasteiger partial charge on any atom is -0.249 e. The van der Waals surface area contributed by atoms with Crippen LogP contribution < -0.4 is 0 Å². The molecule has 2 heterocycles. The lowest BCUT2D eigenvalue weighted by molar-refractivity contribution is 0.147. The lowest BCUT2D eigenvalue weighted by Gasteiger charge is -1.89. The first kappa shape index (κ1) is 7.60. The van der Waals surface area contributed by atoms with Gasteiger partial charge in [0.2, 0.25) is 0 Å². The number of nitrogens with zero attached hydrogens (tertiary/aromatic N) is 3. The number of halogens is 2. The van der Waals surface area contributed by atoms with Gasteiger partial charge in [0.25, 0.3) is 6.43 Å². The first-order valence-corrected chi connectivity index (χ1v) is 4.12. The highest BCUT2D eigenvalue weighted by atomic mass is 32.1. The monoisotopic (exact) mass is 189 g/mol. The first-order chi connectivity index (χ1) is 5.70. The van der Waals surface area contributed by atoms with E-state index in [0.29, 0.717) is 10.3 Å². The van der Waals surface area contributed by atoms with Crippen LogP contribution in [0.3, 0.4) is 0 Å². The van der Waals surface area contributed by atoms with Crippen LogP contribution in [0.5, 0.6) is 0 Å². The van der Waals surface area contributed by atoms with E-state index in [-0.39, 0.29) is 5.69 Å². The smallest absolute Gasteiger partial charge is 0.249 e. The maximum absolute atomic E-state index is 12.3. The number of hydrogen-bond acceptors (Lipinski definition) is 3. The van der Waals surface area contributed by atoms with Crippen molar-refractivity contribution in [2.75, 3.05) is 0 Å². The Morgan fingerprint density at radius 1 is 1.58 bits per heavy atom. The van der Waals surface area contributed by atoms with Crippen LogP contribution >= 0.6 is 11.3 Å². The van der Waals surface area contributed by atoms with E-state index in [4.69, 9.17) is 0 Å². The van der Waals surface area contributed by atoms with Gasteiger partial charge in [-0.1, -0.05) is 0 Å². The fraction of sp³-hybridized carbons (Fsp3) is 0.333. The number of rotatable bonds is 1. The van der Waals surface area contributed by atoms with Gasteiger partial charge in [-0.05, 0) is 0 Å². The average molecular weight is 189 g/mol. The van der Waals surface area contributed by atoms with Crippen LogP contribution in [0.4, 0.5) is 8.78 Å². The van der Waals surface area contributed by atoms with Crippen molar-refractivity contribution in [3.05, 3.63) is 11.2 Å². The number of thiazole rings is 1. The van der Waals surface area contributed by atoms with Crippen molar-refractivity contribution in [1.29, 1.82) is 0 Å². The minimum absolute atomic E-state index is 0.171. The van der Waals surface area contributed by atoms with Gasteiger partial charge in [-0.3, -0.25) is 0 Å². The molecule has 0 N–H and O–H groups in total. The van der Waals surface area contributed by atoms with Crippen molar-refractivity contribution in [2.24, 2.45) is 7.05 Å². The van der Waals surface area contributed by atoms with E-state index in [2.05, 4.69) is 10.1 Å². The standard InChI is InChI=1S/C6H5F2N3S/c1-11-6-4(12-2-9-6)3(10-11)5(7)8/h2,5H,1H3. The summed E-state index contributed by atoms with van der Waals surface area (Å²) in [5.41, 5.74) is 1.89. The van der Waals surface area contributed by atoms with Gasteiger partial charge in [0.1, 0.15) is 10.4 Å². The van der Waals surface area contributed by atoms with E-state index in [9.17, 15) is 8.78 Å². The van der Waals surface area contributed by atoms with Crippen LogP contribution in [0.15, 0.2) is 5.51 Å². The van der Waals surface area contributed by atoms with Crippen LogP contribution in [-0.2, 0) is 7.05 Å². The molecule has 0 spiro atoms. The van der Waals surface area contributed by atoms with Crippen molar-refractivity contribution in [1.82, 2.24) is 14.8 Å². The largest absolute Gasteiger partial charge is 0.283 e. The molecule has 6 heteroatoms. The van der Waals surface area contributed by atoms with Gasteiger partial charge in [0.05, 0.1) is 5.51 Å². The van der Waals surface area contributed by atoms with Gasteiger partial charge in [0, 0.05) is 7.05 Å². The zero-order valence-corrected chi connectivity index (χ0v) is 6.98. The van der Waals surface area contributed by atoms with Gasteiger partial charge in [-0.25, -0.2) is 18.4 Å². The fourth-order valence-corrected chi connectivity index (χ4v) is 1.84. The maximum Gasteiger partial charge on any atom is 0.283 e. The van der Waals surface area contributed by atoms with Crippen molar-refractivity contribution in [2.45, 2.75) is 6.43 Å². The zero-order valence-electron chi connectivity index (χ0n) is 6.16. The second-order valence-corrected chi connectivity index (χ2v) is 3.17. The Kier molecular flexibility index (Phi) is 1.57. The molecule has 0 saturated heterocycles. The maximum atomic E-state index is 12.3. The molecule has 0 bridgehead atoms. The molecule has 0 fully saturated rings. The topological polar surface area (TPSA) is 30.7 Å². The fourth-order valence-electron chi connectivity index (χ4n) is 1.04. The zero-order chi connectivity index (χ0) is 8.72. The van der Waals surface area contributed by atoms with Crippen LogP contribution in [0.1, 0.15) is 12.1 Å². The summed E-state index contributed by atoms with van der Waals surface area (Å²) in [4.78, 5) is 3.91. The normalized spacial score (nSPS) is 11.7. The molecule has 0 aliphatic rings. The molecule has 0 unspecified atom stereocenters. The molecule has 64 valence electrons. The van der Waals surface area contributed by atoms with Crippen LogP contribution in [0.2, 0.25) is 0 Å². The summed E-state index contributed by atoms with van der Waals surface area (Å²) in [6.07, 6.45) is -2.52. The highest BCUT2D eigenvalue weighted by Gasteiger charge is 2.18. The van der Waals surface area contributed by atoms with Crippen molar-refractivity contribution in [3.63, 3.8) is 0 Å². The highest BCUT2D eigenvalue weighted by Crippen LogP contribution is 2.28. The van der Waals surface area contributed by atoms with E-state index in [0.717, 1.165) is 0 Å². The van der Waals surface area contributed by atoms with Gasteiger partial charge in [0.15, 0.2) is 5.65 Å². The Balaban J connectivity index is 2.75. The molecule has 0 atom stereocenters. The molecule has 12 heavy (non-hydrogen) atoms. The molecule has 0 aliphatic heterocycles. The summed E-state index contributed by atoms with van der Waals surface area (Å²) in [6, 6.07) is 0. The van der Waals surface area contributed by atoms with E-state index in [1.54, 1.807) is 7.05 Å². The number of alkyl halides is 2. The van der Waals surface area contributed by atoms with Gasteiger partial charge in [-0.15, -0.1) is 11.3 Å². The van der Waals surface area contributed by atoms with Crippen molar-refractivity contribution in [3.8, 4) is 0 Å². The SMILES string of the molecule is Cn1nc(C(F)F)c2scnc21. The van der Waals surface area contributed by atoms with Crippen molar-refractivity contribution >= 4 is 21.7 Å². The number of hydrogen-bond donors (Lipinski definition) is 0. The summed E-state index contributed by atoms with van der Waals surface area (Å²) < 4.78 is 26.4. The quantitative estimate of drug-likeness (QED) is 0.686. The number of fused-ring (bicyclic) bond motifs is 1. The summed E-state index contributed by atoms with van der Waals surface area (Å²) >= 11 is 1.19. The van der Waals surface area contributed by atoms with Gasteiger partial charge < -0.3 is 0 Å². The Bertz CT molecular complexity index is 406. The van der Waals surface area contributed by atoms with E-state index in [1.165, 1.54) is 21.5 Å². The first-order valence-electron chi connectivity index (χ1n) is 3.24. The summed E-state index contributed by atoms with van der Waals surface area (Å²) in [5.74, 6) is 0. The second-order valence-electron chi connectivity index (χ2n) is 2.31. The predicted molar refractivity (Wildman–Crippen MR) is 41.3 cm³/mol. The Hall–Kier alpha value is -1.04. The highest BCUT2D eigenvalue weighted by molar-refractivity contribution is 7.16. The van der Waals surface area contributed by atoms with Gasteiger partial charge >= 0.3 is 0 Å². The van der Waals surface area contributed by atoms with Gasteiger partial charge in [-0.2, -0.15) is 5.10 Å². The average Bonchev–Trinajstić information content (AvgIpc) is 2.53. The van der Waals surface area contributed by atoms with Crippen LogP contribution in [0.25, 0.3) is 10.3 Å². The molecule has 2 rings (SSSR count). The lowest BCUT2D eigenvalue weighted by atomic mass is 10.4. The third-order valence-electron chi connectivity index (χ3n) is 1.55. The second kappa shape index (κ2) is 2.48. The predicted octanol–water partition coefficient (Wildman–Crippen LogP) is 1.97. The molecule has 2 aromatic rings. The molecule has 0 amide bonds. The summed E-state index contributed by atoms with van der Waals surface area (Å²) in [6.45, 7) is 0. The van der Waals surface area contributed by atoms with Crippen molar-refractivity contribution < 1.29 is 8.78 Å². The summed E-state index contributed by atoms with van der Waals surface area (Å²) in [7, 11) is 1.61. The molecule has 0 aromatic carbocycles. The number of aromatic nitrogens is 3. The molecule has 0 saturated carbocycles. The Morgan fingerprint density at radius 2 is 2.33 bits per heavy atom. The van der Waals surface area contributed by atoms with E-state index >= 15 is 0 Å². The molecular weight excluding hydrogens is 184 g/mol. The molecule has 0 aliphatic carbocycles. The minimum atomic E-state index is -2.52. The molecule has 3 nitrogen and oxygen atoms in total. The van der Waals surface area contributed by atoms with Crippen LogP contribution in [-0.4, -0.2) is 14.8 Å². The van der Waals surface area contributed by atoms with E-state index in [1.807, 2.05) is 0 Å². The Morgan fingerprint density at radius 3 is 3.00 bits per heavy atom. The summed E-state index contributed by atoms with van der Waals surface area (Å²) in [5, 5.41) is 3.66. The van der Waals surface area contributed by atoms with E-state index < -0.39 is 6.43 Å². The third-order valence-corrected chi connectivity index (χ3v) is 2.39. The molecular formula is C6H5F2N3S. The molecule has 2 aromatic heterocycles.